The third-order valence-electron chi connectivity index (χ3n) is 6.08. The summed E-state index contributed by atoms with van der Waals surface area (Å²) in [4.78, 5) is 26.5. The highest BCUT2D eigenvalue weighted by molar-refractivity contribution is 7.92. The van der Waals surface area contributed by atoms with Crippen LogP contribution in [0.1, 0.15) is 37.9 Å². The molecule has 0 radical (unpaired) electrons. The minimum Gasteiger partial charge on any atom is -0.495 e. The molecule has 1 unspecified atom stereocenters. The van der Waals surface area contributed by atoms with E-state index in [0.717, 1.165) is 0 Å². The molecule has 0 saturated carbocycles. The normalized spacial score (nSPS) is 11.8. The summed E-state index contributed by atoms with van der Waals surface area (Å²) in [5, 5.41) is 0.171. The lowest BCUT2D eigenvalue weighted by Crippen LogP contribution is -2.21. The molecule has 0 fully saturated rings. The van der Waals surface area contributed by atoms with Crippen molar-refractivity contribution in [3.8, 4) is 11.5 Å². The maximum Gasteiger partial charge on any atom is 0.339 e. The lowest BCUT2D eigenvalue weighted by molar-refractivity contribution is 0.0279. The summed E-state index contributed by atoms with van der Waals surface area (Å²) in [5.41, 5.74) is 1.39. The number of sulfonamides is 1. The van der Waals surface area contributed by atoms with Crippen molar-refractivity contribution in [1.82, 2.24) is 0 Å². The summed E-state index contributed by atoms with van der Waals surface area (Å²) in [6, 6.07) is 24.0. The van der Waals surface area contributed by atoms with E-state index >= 15 is 0 Å². The Hall–Kier alpha value is -4.34. The molecule has 206 valence electrons. The van der Waals surface area contributed by atoms with Gasteiger partial charge in [0.2, 0.25) is 5.78 Å². The van der Waals surface area contributed by atoms with E-state index in [9.17, 15) is 18.0 Å². The van der Waals surface area contributed by atoms with Crippen LogP contribution in [-0.4, -0.2) is 34.4 Å². The molecule has 4 rings (SSSR count). The number of esters is 1. The lowest BCUT2D eigenvalue weighted by Gasteiger charge is -2.19. The molecule has 0 aliphatic rings. The number of carbonyl (C=O) groups is 2. The molecule has 0 saturated heterocycles. The third-order valence-corrected chi connectivity index (χ3v) is 7.74. The van der Waals surface area contributed by atoms with Crippen LogP contribution in [0.5, 0.6) is 11.5 Å². The van der Waals surface area contributed by atoms with Crippen LogP contribution in [0.15, 0.2) is 95.9 Å². The molecule has 0 bridgehead atoms. The fourth-order valence-corrected chi connectivity index (χ4v) is 5.28. The first kappa shape index (κ1) is 28.7. The number of rotatable bonds is 10. The van der Waals surface area contributed by atoms with E-state index in [1.165, 1.54) is 44.6 Å². The van der Waals surface area contributed by atoms with Gasteiger partial charge in [0.05, 0.1) is 35.4 Å². The Morgan fingerprint density at radius 2 is 1.45 bits per heavy atom. The van der Waals surface area contributed by atoms with Gasteiger partial charge >= 0.3 is 5.97 Å². The zero-order chi connectivity index (χ0) is 28.9. The Kier molecular flexibility index (Phi) is 8.77. The number of aryl methyl sites for hydroxylation is 1. The number of hydrogen-bond acceptors (Lipinski definition) is 7. The predicted octanol–water partition coefficient (Wildman–Crippen LogP) is 6.25. The quantitative estimate of drug-likeness (QED) is 0.175. The molecular formula is C30H26ClNO7S. The lowest BCUT2D eigenvalue weighted by atomic mass is 9.99. The average Bonchev–Trinajstić information content (AvgIpc) is 2.96. The molecule has 0 aromatic heterocycles. The van der Waals surface area contributed by atoms with Gasteiger partial charge in [0.25, 0.3) is 10.0 Å². The standard InChI is InChI=1S/C30H26ClNO7S/c1-19-14-15-22(40(35,36)32-25-17-24(31)26(37-2)18-27(25)38-3)16-23(19)30(34)39-29(21-12-8-5-9-13-21)28(33)20-10-6-4-7-11-20/h4-18,29,32H,1-3H3. The first-order valence-electron chi connectivity index (χ1n) is 12.0. The van der Waals surface area contributed by atoms with Crippen molar-refractivity contribution in [2.75, 3.05) is 18.9 Å². The summed E-state index contributed by atoms with van der Waals surface area (Å²) >= 11 is 6.19. The second-order valence-corrected chi connectivity index (χ2v) is 10.8. The summed E-state index contributed by atoms with van der Waals surface area (Å²) in [6.07, 6.45) is -1.24. The van der Waals surface area contributed by atoms with Crippen molar-refractivity contribution in [3.05, 3.63) is 118 Å². The van der Waals surface area contributed by atoms with E-state index in [1.54, 1.807) is 67.6 Å². The number of hydrogen-bond donors (Lipinski definition) is 1. The van der Waals surface area contributed by atoms with E-state index < -0.39 is 27.9 Å². The molecule has 40 heavy (non-hydrogen) atoms. The second-order valence-electron chi connectivity index (χ2n) is 8.70. The van der Waals surface area contributed by atoms with Crippen molar-refractivity contribution >= 4 is 39.1 Å². The summed E-state index contributed by atoms with van der Waals surface area (Å²) in [6.45, 7) is 1.64. The number of carbonyl (C=O) groups excluding carboxylic acids is 2. The molecule has 4 aromatic rings. The Balaban J connectivity index is 1.66. The maximum atomic E-state index is 13.4. The summed E-state index contributed by atoms with van der Waals surface area (Å²) in [5.74, 6) is -0.772. The Morgan fingerprint density at radius 3 is 2.08 bits per heavy atom. The van der Waals surface area contributed by atoms with Crippen LogP contribution in [0.3, 0.4) is 0 Å². The topological polar surface area (TPSA) is 108 Å². The minimum absolute atomic E-state index is 0.00982. The molecule has 0 amide bonds. The van der Waals surface area contributed by atoms with Crippen LogP contribution in [0, 0.1) is 6.92 Å². The number of nitrogens with one attached hydrogen (secondary N) is 1. The zero-order valence-electron chi connectivity index (χ0n) is 21.9. The highest BCUT2D eigenvalue weighted by Gasteiger charge is 2.28. The van der Waals surface area contributed by atoms with Crippen LogP contribution in [0.25, 0.3) is 0 Å². The SMILES string of the molecule is COc1cc(OC)c(NS(=O)(=O)c2ccc(C)c(C(=O)OC(C(=O)c3ccccc3)c3ccccc3)c2)cc1Cl. The van der Waals surface area contributed by atoms with Gasteiger partial charge in [-0.05, 0) is 30.7 Å². The van der Waals surface area contributed by atoms with Crippen LogP contribution in [-0.2, 0) is 14.8 Å². The third kappa shape index (κ3) is 6.27. The van der Waals surface area contributed by atoms with Crippen molar-refractivity contribution in [1.29, 1.82) is 0 Å². The van der Waals surface area contributed by atoms with E-state index in [1.807, 2.05) is 0 Å². The zero-order valence-corrected chi connectivity index (χ0v) is 23.5. The van der Waals surface area contributed by atoms with E-state index in [-0.39, 0.29) is 26.9 Å². The Labute approximate surface area is 237 Å². The van der Waals surface area contributed by atoms with E-state index in [4.69, 9.17) is 25.8 Å². The first-order valence-corrected chi connectivity index (χ1v) is 13.9. The van der Waals surface area contributed by atoms with Gasteiger partial charge in [-0.1, -0.05) is 78.3 Å². The molecule has 8 nitrogen and oxygen atoms in total. The van der Waals surface area contributed by atoms with Crippen LogP contribution >= 0.6 is 11.6 Å². The van der Waals surface area contributed by atoms with Crippen LogP contribution in [0.4, 0.5) is 5.69 Å². The fraction of sp³-hybridized carbons (Fsp3) is 0.133. The van der Waals surface area contributed by atoms with Gasteiger partial charge in [0.1, 0.15) is 11.5 Å². The van der Waals surface area contributed by atoms with Gasteiger partial charge in [-0.25, -0.2) is 13.2 Å². The Morgan fingerprint density at radius 1 is 0.825 bits per heavy atom. The molecule has 0 heterocycles. The van der Waals surface area contributed by atoms with Crippen molar-refractivity contribution < 1.29 is 32.2 Å². The van der Waals surface area contributed by atoms with Crippen LogP contribution < -0.4 is 14.2 Å². The number of ether oxygens (including phenoxy) is 3. The fourth-order valence-electron chi connectivity index (χ4n) is 3.96. The smallest absolute Gasteiger partial charge is 0.339 e. The van der Waals surface area contributed by atoms with Crippen molar-refractivity contribution in [2.24, 2.45) is 0 Å². The predicted molar refractivity (Wildman–Crippen MR) is 152 cm³/mol. The number of ketones is 1. The molecule has 1 N–H and O–H groups in total. The molecule has 4 aromatic carbocycles. The van der Waals surface area contributed by atoms with Gasteiger partial charge in [0.15, 0.2) is 6.10 Å². The van der Waals surface area contributed by atoms with Crippen molar-refractivity contribution in [3.63, 3.8) is 0 Å². The molecule has 1 atom stereocenters. The highest BCUT2D eigenvalue weighted by Crippen LogP contribution is 2.37. The number of methoxy groups -OCH3 is 2. The molecule has 0 aliphatic heterocycles. The number of anilines is 1. The Bertz CT molecular complexity index is 1640. The number of halogens is 1. The van der Waals surface area contributed by atoms with Gasteiger partial charge in [0, 0.05) is 17.2 Å². The highest BCUT2D eigenvalue weighted by atomic mass is 35.5. The van der Waals surface area contributed by atoms with Crippen molar-refractivity contribution in [2.45, 2.75) is 17.9 Å². The van der Waals surface area contributed by atoms with Gasteiger partial charge in [-0.3, -0.25) is 9.52 Å². The molecule has 0 aliphatic carbocycles. The maximum absolute atomic E-state index is 13.4. The number of Topliss-reactive ketones (excluding diaryl/α,β-unsaturated/α-hetero) is 1. The van der Waals surface area contributed by atoms with Gasteiger partial charge < -0.3 is 14.2 Å². The number of benzene rings is 4. The van der Waals surface area contributed by atoms with Gasteiger partial charge in [-0.15, -0.1) is 0 Å². The van der Waals surface area contributed by atoms with Crippen LogP contribution in [0.2, 0.25) is 5.02 Å². The van der Waals surface area contributed by atoms with E-state index in [0.29, 0.717) is 22.4 Å². The van der Waals surface area contributed by atoms with Gasteiger partial charge in [-0.2, -0.15) is 0 Å². The average molecular weight is 580 g/mol. The molecule has 0 spiro atoms. The first-order chi connectivity index (χ1) is 19.1. The summed E-state index contributed by atoms with van der Waals surface area (Å²) < 4.78 is 45.2. The molecular weight excluding hydrogens is 554 g/mol. The largest absolute Gasteiger partial charge is 0.495 e. The second kappa shape index (κ2) is 12.2. The minimum atomic E-state index is -4.20. The monoisotopic (exact) mass is 579 g/mol. The van der Waals surface area contributed by atoms with E-state index in [2.05, 4.69) is 4.72 Å². The molecule has 10 heteroatoms. The summed E-state index contributed by atoms with van der Waals surface area (Å²) in [7, 11) is -1.40.